The van der Waals surface area contributed by atoms with Gasteiger partial charge in [-0.3, -0.25) is 0 Å². The lowest BCUT2D eigenvalue weighted by Crippen LogP contribution is -2.31. The van der Waals surface area contributed by atoms with Gasteiger partial charge in [-0.1, -0.05) is 25.0 Å². The minimum absolute atomic E-state index is 0.328. The van der Waals surface area contributed by atoms with E-state index < -0.39 is 0 Å². The molecule has 0 aliphatic heterocycles. The number of ether oxygens (including phenoxy) is 1. The molecule has 0 spiro atoms. The molecule has 0 amide bonds. The molecule has 1 unspecified atom stereocenters. The Balaban J connectivity index is 1.58. The van der Waals surface area contributed by atoms with E-state index in [1.807, 2.05) is 12.1 Å². The predicted molar refractivity (Wildman–Crippen MR) is 77.5 cm³/mol. The van der Waals surface area contributed by atoms with Crippen molar-refractivity contribution in [3.8, 4) is 5.75 Å². The molecule has 1 aromatic rings. The third-order valence-corrected chi connectivity index (χ3v) is 3.73. The molecule has 2 rings (SSSR count). The molecule has 1 aliphatic rings. The van der Waals surface area contributed by atoms with Crippen molar-refractivity contribution in [1.82, 2.24) is 5.32 Å². The molecule has 1 aromatic carbocycles. The van der Waals surface area contributed by atoms with Gasteiger partial charge in [0.15, 0.2) is 0 Å². The van der Waals surface area contributed by atoms with Crippen LogP contribution in [0, 0.1) is 0 Å². The third-order valence-electron chi connectivity index (χ3n) is 3.73. The fourth-order valence-electron chi connectivity index (χ4n) is 2.64. The topological polar surface area (TPSA) is 41.5 Å². The smallest absolute Gasteiger partial charge is 0.115 e. The Hall–Kier alpha value is -1.06. The van der Waals surface area contributed by atoms with E-state index in [2.05, 4.69) is 12.2 Å². The maximum absolute atomic E-state index is 9.24. The quantitative estimate of drug-likeness (QED) is 0.743. The Morgan fingerprint density at radius 3 is 2.63 bits per heavy atom. The lowest BCUT2D eigenvalue weighted by Gasteiger charge is -2.16. The first-order chi connectivity index (χ1) is 9.24. The van der Waals surface area contributed by atoms with Crippen LogP contribution < -0.4 is 5.32 Å². The molecule has 0 bridgehead atoms. The Bertz CT molecular complexity index is 358. The maximum atomic E-state index is 9.24. The van der Waals surface area contributed by atoms with Crippen molar-refractivity contribution >= 4 is 0 Å². The van der Waals surface area contributed by atoms with E-state index in [0.717, 1.165) is 19.6 Å². The predicted octanol–water partition coefficient (Wildman–Crippen LogP) is 2.87. The number of hydrogen-bond donors (Lipinski definition) is 2. The summed E-state index contributed by atoms with van der Waals surface area (Å²) < 4.78 is 5.82. The fourth-order valence-corrected chi connectivity index (χ4v) is 2.64. The first-order valence-electron chi connectivity index (χ1n) is 7.37. The Kier molecular flexibility index (Phi) is 5.67. The molecule has 1 aliphatic carbocycles. The summed E-state index contributed by atoms with van der Waals surface area (Å²) >= 11 is 0. The van der Waals surface area contributed by atoms with Gasteiger partial charge in [0, 0.05) is 12.6 Å². The van der Waals surface area contributed by atoms with Crippen molar-refractivity contribution in [3.05, 3.63) is 29.8 Å². The SMILES string of the molecule is CC(Cc1ccc(O)cc1)NCCOC1CCCC1. The van der Waals surface area contributed by atoms with Gasteiger partial charge < -0.3 is 15.2 Å². The molecular formula is C16H25NO2. The van der Waals surface area contributed by atoms with Crippen molar-refractivity contribution in [3.63, 3.8) is 0 Å². The Morgan fingerprint density at radius 2 is 1.95 bits per heavy atom. The number of rotatable bonds is 7. The molecule has 3 nitrogen and oxygen atoms in total. The summed E-state index contributed by atoms with van der Waals surface area (Å²) in [5, 5.41) is 12.7. The second-order valence-corrected chi connectivity index (χ2v) is 5.50. The molecule has 2 N–H and O–H groups in total. The normalized spacial score (nSPS) is 17.7. The van der Waals surface area contributed by atoms with E-state index in [4.69, 9.17) is 4.74 Å². The summed E-state index contributed by atoms with van der Waals surface area (Å²) in [6.07, 6.45) is 6.62. The highest BCUT2D eigenvalue weighted by atomic mass is 16.5. The summed E-state index contributed by atoms with van der Waals surface area (Å²) in [4.78, 5) is 0. The monoisotopic (exact) mass is 263 g/mol. The minimum atomic E-state index is 0.328. The van der Waals surface area contributed by atoms with E-state index in [1.165, 1.54) is 31.2 Å². The second kappa shape index (κ2) is 7.51. The van der Waals surface area contributed by atoms with E-state index >= 15 is 0 Å². The summed E-state index contributed by atoms with van der Waals surface area (Å²) in [6, 6.07) is 7.86. The zero-order chi connectivity index (χ0) is 13.5. The van der Waals surface area contributed by atoms with E-state index in [1.54, 1.807) is 12.1 Å². The number of phenolic OH excluding ortho intramolecular Hbond substituents is 1. The summed E-state index contributed by atoms with van der Waals surface area (Å²) in [6.45, 7) is 3.91. The van der Waals surface area contributed by atoms with Crippen LogP contribution >= 0.6 is 0 Å². The van der Waals surface area contributed by atoms with Crippen LogP contribution in [0.3, 0.4) is 0 Å². The van der Waals surface area contributed by atoms with Crippen LogP contribution in [0.4, 0.5) is 0 Å². The number of benzene rings is 1. The van der Waals surface area contributed by atoms with Crippen LogP contribution in [0.15, 0.2) is 24.3 Å². The minimum Gasteiger partial charge on any atom is -0.508 e. The van der Waals surface area contributed by atoms with Gasteiger partial charge in [0.25, 0.3) is 0 Å². The Labute approximate surface area is 116 Å². The van der Waals surface area contributed by atoms with Crippen LogP contribution in [-0.4, -0.2) is 30.4 Å². The second-order valence-electron chi connectivity index (χ2n) is 5.50. The molecule has 1 fully saturated rings. The largest absolute Gasteiger partial charge is 0.508 e. The van der Waals surface area contributed by atoms with Crippen molar-refractivity contribution in [2.75, 3.05) is 13.2 Å². The highest BCUT2D eigenvalue weighted by Crippen LogP contribution is 2.20. The number of aromatic hydroxyl groups is 1. The lowest BCUT2D eigenvalue weighted by molar-refractivity contribution is 0.0593. The van der Waals surface area contributed by atoms with E-state index in [0.29, 0.717) is 17.9 Å². The van der Waals surface area contributed by atoms with Gasteiger partial charge >= 0.3 is 0 Å². The first-order valence-corrected chi connectivity index (χ1v) is 7.37. The molecule has 19 heavy (non-hydrogen) atoms. The van der Waals surface area contributed by atoms with Crippen molar-refractivity contribution in [2.45, 2.75) is 51.2 Å². The van der Waals surface area contributed by atoms with Gasteiger partial charge in [-0.25, -0.2) is 0 Å². The van der Waals surface area contributed by atoms with Gasteiger partial charge in [0.2, 0.25) is 0 Å². The van der Waals surface area contributed by atoms with Crippen molar-refractivity contribution in [1.29, 1.82) is 0 Å². The third kappa shape index (κ3) is 5.21. The lowest BCUT2D eigenvalue weighted by atomic mass is 10.1. The van der Waals surface area contributed by atoms with E-state index in [-0.39, 0.29) is 0 Å². The molecule has 1 atom stereocenters. The highest BCUT2D eigenvalue weighted by Gasteiger charge is 2.14. The van der Waals surface area contributed by atoms with Gasteiger partial charge in [-0.15, -0.1) is 0 Å². The zero-order valence-corrected chi connectivity index (χ0v) is 11.8. The number of hydrogen-bond acceptors (Lipinski definition) is 3. The van der Waals surface area contributed by atoms with Crippen LogP contribution in [0.2, 0.25) is 0 Å². The number of phenols is 1. The summed E-state index contributed by atoms with van der Waals surface area (Å²) in [7, 11) is 0. The average Bonchev–Trinajstić information content (AvgIpc) is 2.91. The zero-order valence-electron chi connectivity index (χ0n) is 11.8. The van der Waals surface area contributed by atoms with Crippen LogP contribution in [-0.2, 0) is 11.2 Å². The molecule has 0 radical (unpaired) electrons. The molecular weight excluding hydrogens is 238 g/mol. The molecule has 106 valence electrons. The Morgan fingerprint density at radius 1 is 1.26 bits per heavy atom. The van der Waals surface area contributed by atoms with Crippen LogP contribution in [0.25, 0.3) is 0 Å². The fraction of sp³-hybridized carbons (Fsp3) is 0.625. The van der Waals surface area contributed by atoms with Crippen LogP contribution in [0.1, 0.15) is 38.2 Å². The molecule has 0 saturated heterocycles. The van der Waals surface area contributed by atoms with Gasteiger partial charge in [-0.05, 0) is 43.9 Å². The molecule has 3 heteroatoms. The summed E-state index contributed by atoms with van der Waals surface area (Å²) in [5.41, 5.74) is 1.24. The van der Waals surface area contributed by atoms with Gasteiger partial charge in [-0.2, -0.15) is 0 Å². The number of nitrogens with one attached hydrogen (secondary N) is 1. The summed E-state index contributed by atoms with van der Waals surface area (Å²) in [5.74, 6) is 0.328. The molecule has 0 aromatic heterocycles. The standard InChI is InChI=1S/C16H25NO2/c1-13(12-14-6-8-15(18)9-7-14)17-10-11-19-16-4-2-3-5-16/h6-9,13,16-18H,2-5,10-12H2,1H3. The van der Waals surface area contributed by atoms with Crippen molar-refractivity contribution in [2.24, 2.45) is 0 Å². The van der Waals surface area contributed by atoms with E-state index in [9.17, 15) is 5.11 Å². The molecule has 0 heterocycles. The van der Waals surface area contributed by atoms with Gasteiger partial charge in [0.05, 0.1) is 12.7 Å². The van der Waals surface area contributed by atoms with Crippen LogP contribution in [0.5, 0.6) is 5.75 Å². The first kappa shape index (κ1) is 14.4. The maximum Gasteiger partial charge on any atom is 0.115 e. The highest BCUT2D eigenvalue weighted by molar-refractivity contribution is 5.26. The van der Waals surface area contributed by atoms with Crippen molar-refractivity contribution < 1.29 is 9.84 Å². The molecule has 1 saturated carbocycles. The average molecular weight is 263 g/mol. The van der Waals surface area contributed by atoms with Gasteiger partial charge in [0.1, 0.15) is 5.75 Å².